The fourth-order valence-corrected chi connectivity index (χ4v) is 5.28. The zero-order chi connectivity index (χ0) is 27.4. The number of nitrogens with zero attached hydrogens (tertiary/aromatic N) is 1. The number of rotatable bonds is 11. The number of carboxylic acid groups (broad SMARTS) is 1. The second-order valence-corrected chi connectivity index (χ2v) is 11.9. The van der Waals surface area contributed by atoms with Crippen molar-refractivity contribution in [1.82, 2.24) is 9.62 Å². The first kappa shape index (κ1) is 28.5. The second kappa shape index (κ2) is 11.5. The summed E-state index contributed by atoms with van der Waals surface area (Å²) in [5.74, 6) is -1.33. The quantitative estimate of drug-likeness (QED) is 0.346. The second-order valence-electron chi connectivity index (χ2n) is 9.88. The summed E-state index contributed by atoms with van der Waals surface area (Å²) in [6.07, 6.45) is -0.453. The molecule has 0 aliphatic rings. The summed E-state index contributed by atoms with van der Waals surface area (Å²) in [6, 6.07) is 17.6. The topological polar surface area (TPSA) is 107 Å². The van der Waals surface area contributed by atoms with Crippen molar-refractivity contribution in [2.24, 2.45) is 0 Å². The molecule has 0 fully saturated rings. The monoisotopic (exact) mass is 528 g/mol. The van der Waals surface area contributed by atoms with Crippen LogP contribution in [0.2, 0.25) is 0 Å². The smallest absolute Gasteiger partial charge is 0.335 e. The van der Waals surface area contributed by atoms with E-state index in [1.54, 1.807) is 37.3 Å². The highest BCUT2D eigenvalue weighted by molar-refractivity contribution is 7.89. The minimum atomic E-state index is -3.91. The number of β-amino-alcohol motifs (C(OH)–C–C–N with tert-alkyl or cyclic N) is 1. The molecule has 0 aliphatic heterocycles. The van der Waals surface area contributed by atoms with Gasteiger partial charge in [0.05, 0.1) is 16.6 Å². The number of carbonyl (C=O) groups is 1. The summed E-state index contributed by atoms with van der Waals surface area (Å²) in [5.41, 5.74) is 2.19. The lowest BCUT2D eigenvalue weighted by Gasteiger charge is -2.29. The molecule has 0 radical (unpaired) electrons. The molecule has 9 heteroatoms. The molecule has 0 saturated heterocycles. The van der Waals surface area contributed by atoms with Gasteiger partial charge in [0.25, 0.3) is 0 Å². The highest BCUT2D eigenvalue weighted by Gasteiger charge is 2.25. The molecule has 3 N–H and O–H groups in total. The fourth-order valence-electron chi connectivity index (χ4n) is 4.02. The number of benzene rings is 3. The van der Waals surface area contributed by atoms with Gasteiger partial charge in [-0.1, -0.05) is 36.4 Å². The van der Waals surface area contributed by atoms with E-state index in [2.05, 4.69) is 5.32 Å². The van der Waals surface area contributed by atoms with E-state index in [1.165, 1.54) is 37.4 Å². The summed E-state index contributed by atoms with van der Waals surface area (Å²) in [4.78, 5) is 11.3. The van der Waals surface area contributed by atoms with Crippen LogP contribution in [0.5, 0.6) is 0 Å². The Kier molecular flexibility index (Phi) is 8.86. The average molecular weight is 529 g/mol. The Morgan fingerprint density at radius 3 is 2.35 bits per heavy atom. The molecule has 0 heterocycles. The van der Waals surface area contributed by atoms with Crippen LogP contribution in [0, 0.1) is 12.7 Å². The number of hydrogen-bond donors (Lipinski definition) is 3. The minimum Gasteiger partial charge on any atom is -0.478 e. The Labute approximate surface area is 217 Å². The van der Waals surface area contributed by atoms with Crippen LogP contribution < -0.4 is 5.32 Å². The number of halogens is 1. The van der Waals surface area contributed by atoms with Crippen molar-refractivity contribution in [3.63, 3.8) is 0 Å². The number of carboxylic acids is 1. The molecular formula is C28H33FN2O5S. The van der Waals surface area contributed by atoms with Crippen LogP contribution in [0.25, 0.3) is 11.1 Å². The number of sulfonamides is 1. The molecule has 37 heavy (non-hydrogen) atoms. The Bertz CT molecular complexity index is 1370. The first-order valence-electron chi connectivity index (χ1n) is 11.9. The van der Waals surface area contributed by atoms with Crippen LogP contribution in [-0.4, -0.2) is 60.7 Å². The van der Waals surface area contributed by atoms with E-state index in [-0.39, 0.29) is 29.4 Å². The number of hydrogen-bond acceptors (Lipinski definition) is 5. The van der Waals surface area contributed by atoms with Crippen molar-refractivity contribution in [1.29, 1.82) is 0 Å². The van der Waals surface area contributed by atoms with Crippen LogP contribution in [0.3, 0.4) is 0 Å². The maximum atomic E-state index is 13.9. The maximum absolute atomic E-state index is 13.9. The van der Waals surface area contributed by atoms with E-state index in [9.17, 15) is 27.8 Å². The summed E-state index contributed by atoms with van der Waals surface area (Å²) in [7, 11) is -2.52. The van der Waals surface area contributed by atoms with Crippen LogP contribution >= 0.6 is 0 Å². The molecule has 0 aliphatic carbocycles. The summed E-state index contributed by atoms with van der Waals surface area (Å²) >= 11 is 0. The number of aliphatic hydroxyl groups is 1. The van der Waals surface area contributed by atoms with Gasteiger partial charge in [-0.05, 0) is 79.8 Å². The summed E-state index contributed by atoms with van der Waals surface area (Å²) in [6.45, 7) is 5.58. The van der Waals surface area contributed by atoms with Gasteiger partial charge < -0.3 is 15.5 Å². The van der Waals surface area contributed by atoms with Crippen LogP contribution in [0.15, 0.2) is 71.6 Å². The average Bonchev–Trinajstić information content (AvgIpc) is 2.85. The van der Waals surface area contributed by atoms with Crippen LogP contribution in [0.1, 0.15) is 35.3 Å². The summed E-state index contributed by atoms with van der Waals surface area (Å²) < 4.78 is 41.4. The zero-order valence-electron chi connectivity index (χ0n) is 21.4. The minimum absolute atomic E-state index is 0.0371. The molecule has 3 aromatic carbocycles. The van der Waals surface area contributed by atoms with Crippen LogP contribution in [-0.2, 0) is 16.4 Å². The number of likely N-dealkylation sites (N-methyl/N-ethyl adjacent to an activating group) is 1. The molecule has 3 aromatic rings. The molecule has 0 saturated carbocycles. The Hall–Kier alpha value is -3.11. The molecule has 198 valence electrons. The SMILES string of the molecule is Cc1ccc(CC(C)(C)NC[C@@H](O)CN(C)S(=O)(=O)c2cccc(-c3cccc(C(=O)O)c3)c2)cc1F. The highest BCUT2D eigenvalue weighted by atomic mass is 32.2. The van der Waals surface area contributed by atoms with Gasteiger partial charge in [0.1, 0.15) is 5.82 Å². The lowest BCUT2D eigenvalue weighted by Crippen LogP contribution is -2.47. The third-order valence-corrected chi connectivity index (χ3v) is 7.97. The fraction of sp³-hybridized carbons (Fsp3) is 0.321. The molecule has 0 spiro atoms. The zero-order valence-corrected chi connectivity index (χ0v) is 22.2. The number of aliphatic hydroxyl groups excluding tert-OH is 1. The molecule has 0 unspecified atom stereocenters. The molecule has 0 aromatic heterocycles. The maximum Gasteiger partial charge on any atom is 0.335 e. The van der Waals surface area contributed by atoms with Gasteiger partial charge in [-0.25, -0.2) is 17.6 Å². The van der Waals surface area contributed by atoms with Crippen LogP contribution in [0.4, 0.5) is 4.39 Å². The van der Waals surface area contributed by atoms with Gasteiger partial charge in [0, 0.05) is 25.7 Å². The first-order chi connectivity index (χ1) is 17.3. The predicted octanol–water partition coefficient (Wildman–Crippen LogP) is 4.09. The van der Waals surface area contributed by atoms with E-state index >= 15 is 0 Å². The van der Waals surface area contributed by atoms with E-state index in [1.807, 2.05) is 19.9 Å². The lowest BCUT2D eigenvalue weighted by molar-refractivity contribution is 0.0697. The normalized spacial score (nSPS) is 13.1. The van der Waals surface area contributed by atoms with E-state index in [0.29, 0.717) is 23.1 Å². The third kappa shape index (κ3) is 7.45. The van der Waals surface area contributed by atoms with E-state index in [0.717, 1.165) is 9.87 Å². The molecule has 0 amide bonds. The van der Waals surface area contributed by atoms with Gasteiger partial charge in [0.2, 0.25) is 10.0 Å². The highest BCUT2D eigenvalue weighted by Crippen LogP contribution is 2.25. The van der Waals surface area contributed by atoms with Gasteiger partial charge >= 0.3 is 5.97 Å². The largest absolute Gasteiger partial charge is 0.478 e. The molecule has 0 bridgehead atoms. The lowest BCUT2D eigenvalue weighted by atomic mass is 9.94. The van der Waals surface area contributed by atoms with Crippen molar-refractivity contribution < 1.29 is 27.8 Å². The van der Waals surface area contributed by atoms with Gasteiger partial charge in [0.15, 0.2) is 0 Å². The van der Waals surface area contributed by atoms with Crippen molar-refractivity contribution in [3.05, 3.63) is 89.2 Å². The Morgan fingerprint density at radius 1 is 1.05 bits per heavy atom. The van der Waals surface area contributed by atoms with Crippen molar-refractivity contribution in [3.8, 4) is 11.1 Å². The Balaban J connectivity index is 1.65. The van der Waals surface area contributed by atoms with Crippen molar-refractivity contribution in [2.75, 3.05) is 20.1 Å². The molecular weight excluding hydrogens is 495 g/mol. The van der Waals surface area contributed by atoms with E-state index < -0.39 is 27.6 Å². The number of nitrogens with one attached hydrogen (secondary N) is 1. The molecule has 7 nitrogen and oxygen atoms in total. The molecule has 3 rings (SSSR count). The third-order valence-electron chi connectivity index (χ3n) is 6.15. The Morgan fingerprint density at radius 2 is 1.70 bits per heavy atom. The van der Waals surface area contributed by atoms with Crippen molar-refractivity contribution >= 4 is 16.0 Å². The summed E-state index contributed by atoms with van der Waals surface area (Å²) in [5, 5.41) is 23.1. The van der Waals surface area contributed by atoms with E-state index in [4.69, 9.17) is 0 Å². The molecule has 1 atom stereocenters. The van der Waals surface area contributed by atoms with Gasteiger partial charge in [-0.15, -0.1) is 0 Å². The standard InChI is InChI=1S/C28H33FN2O5S/c1-19-11-12-20(13-26(19)29)16-28(2,3)30-17-24(32)18-31(4)37(35,36)25-10-6-8-22(15-25)21-7-5-9-23(14-21)27(33)34/h5-15,24,30,32H,16-18H2,1-4H3,(H,33,34)/t24-/m1/s1. The van der Waals surface area contributed by atoms with Gasteiger partial charge in [-0.2, -0.15) is 4.31 Å². The predicted molar refractivity (Wildman–Crippen MR) is 142 cm³/mol. The number of aromatic carboxylic acids is 1. The number of aryl methyl sites for hydroxylation is 1. The van der Waals surface area contributed by atoms with Crippen molar-refractivity contribution in [2.45, 2.75) is 43.7 Å². The first-order valence-corrected chi connectivity index (χ1v) is 13.3. The van der Waals surface area contributed by atoms with Gasteiger partial charge in [-0.3, -0.25) is 0 Å².